The van der Waals surface area contributed by atoms with Crippen LogP contribution in [0.25, 0.3) is 0 Å². The average molecular weight is 357 g/mol. The van der Waals surface area contributed by atoms with E-state index in [1.165, 1.54) is 0 Å². The zero-order valence-corrected chi connectivity index (χ0v) is 13.7. The minimum absolute atomic E-state index is 0.00360. The van der Waals surface area contributed by atoms with Crippen molar-refractivity contribution in [2.45, 2.75) is 37.8 Å². The van der Waals surface area contributed by atoms with E-state index in [9.17, 15) is 24.0 Å². The fourth-order valence-corrected chi connectivity index (χ4v) is 2.26. The summed E-state index contributed by atoms with van der Waals surface area (Å²) in [5.41, 5.74) is 5.07. The molecule has 140 valence electrons. The van der Waals surface area contributed by atoms with Crippen molar-refractivity contribution in [1.29, 1.82) is 0 Å². The highest BCUT2D eigenvalue weighted by atomic mass is 16.4. The van der Waals surface area contributed by atoms with Crippen LogP contribution in [0.15, 0.2) is 0 Å². The molecule has 0 saturated carbocycles. The van der Waals surface area contributed by atoms with E-state index in [0.29, 0.717) is 13.0 Å². The van der Waals surface area contributed by atoms with Gasteiger partial charge in [0.15, 0.2) is 0 Å². The second-order valence-corrected chi connectivity index (χ2v) is 5.60. The molecule has 1 aliphatic rings. The first-order chi connectivity index (χ1) is 11.8. The number of amides is 4. The van der Waals surface area contributed by atoms with Crippen LogP contribution in [0.5, 0.6) is 0 Å². The highest BCUT2D eigenvalue weighted by Crippen LogP contribution is 2.06. The minimum atomic E-state index is -1.21. The van der Waals surface area contributed by atoms with E-state index in [4.69, 9.17) is 10.8 Å². The number of nitrogens with two attached hydrogens (primary N) is 1. The lowest BCUT2D eigenvalue weighted by Crippen LogP contribution is -2.53. The van der Waals surface area contributed by atoms with Crippen molar-refractivity contribution in [3.8, 4) is 0 Å². The molecule has 2 unspecified atom stereocenters. The van der Waals surface area contributed by atoms with Gasteiger partial charge in [-0.3, -0.25) is 24.0 Å². The Hall–Kier alpha value is -2.69. The second-order valence-electron chi connectivity index (χ2n) is 5.60. The third-order valence-corrected chi connectivity index (χ3v) is 3.55. The number of aliphatic carboxylic acids is 1. The van der Waals surface area contributed by atoms with E-state index in [1.54, 1.807) is 0 Å². The zero-order valence-electron chi connectivity index (χ0n) is 13.7. The molecule has 0 aromatic heterocycles. The summed E-state index contributed by atoms with van der Waals surface area (Å²) in [6.07, 6.45) is 1.38. The van der Waals surface area contributed by atoms with Gasteiger partial charge in [-0.15, -0.1) is 0 Å². The molecule has 1 saturated heterocycles. The molecule has 2 atom stereocenters. The number of carbonyl (C=O) groups excluding carboxylic acids is 4. The molecule has 7 N–H and O–H groups in total. The Morgan fingerprint density at radius 1 is 1.16 bits per heavy atom. The Bertz CT molecular complexity index is 532. The number of hydrogen-bond donors (Lipinski definition) is 6. The summed E-state index contributed by atoms with van der Waals surface area (Å²) in [5.74, 6) is -3.54. The summed E-state index contributed by atoms with van der Waals surface area (Å²) >= 11 is 0. The summed E-state index contributed by atoms with van der Waals surface area (Å²) < 4.78 is 0. The minimum Gasteiger partial charge on any atom is -0.480 e. The molecule has 0 spiro atoms. The maximum Gasteiger partial charge on any atom is 0.322 e. The third kappa shape index (κ3) is 8.11. The van der Waals surface area contributed by atoms with Crippen molar-refractivity contribution in [2.75, 3.05) is 19.6 Å². The first kappa shape index (κ1) is 20.4. The van der Waals surface area contributed by atoms with Crippen LogP contribution in [0.2, 0.25) is 0 Å². The Balaban J connectivity index is 2.53. The molecule has 11 heteroatoms. The van der Waals surface area contributed by atoms with Gasteiger partial charge in [-0.25, -0.2) is 0 Å². The van der Waals surface area contributed by atoms with Crippen molar-refractivity contribution in [2.24, 2.45) is 5.73 Å². The molecular weight excluding hydrogens is 334 g/mol. The molecule has 1 rings (SSSR count). The van der Waals surface area contributed by atoms with E-state index >= 15 is 0 Å². The number of rotatable bonds is 10. The average Bonchev–Trinajstić information content (AvgIpc) is 3.08. The lowest BCUT2D eigenvalue weighted by Gasteiger charge is -2.20. The molecule has 1 heterocycles. The molecule has 0 aromatic rings. The van der Waals surface area contributed by atoms with E-state index in [2.05, 4.69) is 21.3 Å². The number of nitrogens with one attached hydrogen (secondary N) is 4. The van der Waals surface area contributed by atoms with E-state index in [-0.39, 0.29) is 18.7 Å². The van der Waals surface area contributed by atoms with Gasteiger partial charge in [-0.1, -0.05) is 0 Å². The molecule has 11 nitrogen and oxygen atoms in total. The van der Waals surface area contributed by atoms with Gasteiger partial charge in [0.1, 0.15) is 12.6 Å². The Morgan fingerprint density at radius 2 is 1.88 bits per heavy atom. The van der Waals surface area contributed by atoms with Gasteiger partial charge >= 0.3 is 5.97 Å². The largest absolute Gasteiger partial charge is 0.480 e. The molecule has 0 aromatic carbocycles. The van der Waals surface area contributed by atoms with Crippen molar-refractivity contribution < 1.29 is 29.1 Å². The number of carboxylic acid groups (broad SMARTS) is 1. The van der Waals surface area contributed by atoms with Crippen LogP contribution in [-0.4, -0.2) is 66.4 Å². The van der Waals surface area contributed by atoms with Crippen LogP contribution in [0.1, 0.15) is 25.7 Å². The Labute approximate surface area is 144 Å². The van der Waals surface area contributed by atoms with Gasteiger partial charge in [0, 0.05) is 6.42 Å². The highest BCUT2D eigenvalue weighted by molar-refractivity contribution is 5.92. The molecule has 0 radical (unpaired) electrons. The SMILES string of the molecule is NC(=O)CCC(NC(=O)C1CCCN1)C(=O)NCC(=O)NCC(=O)O. The van der Waals surface area contributed by atoms with Crippen molar-refractivity contribution in [1.82, 2.24) is 21.3 Å². The lowest BCUT2D eigenvalue weighted by atomic mass is 10.1. The number of hydrogen-bond acceptors (Lipinski definition) is 6. The molecule has 25 heavy (non-hydrogen) atoms. The predicted molar refractivity (Wildman–Crippen MR) is 85.0 cm³/mol. The van der Waals surface area contributed by atoms with E-state index in [0.717, 1.165) is 6.42 Å². The number of primary amides is 1. The van der Waals surface area contributed by atoms with Crippen LogP contribution < -0.4 is 27.0 Å². The van der Waals surface area contributed by atoms with Crippen LogP contribution in [-0.2, 0) is 24.0 Å². The van der Waals surface area contributed by atoms with Crippen molar-refractivity contribution in [3.63, 3.8) is 0 Å². The predicted octanol–water partition coefficient (Wildman–Crippen LogP) is -3.19. The molecule has 4 amide bonds. The first-order valence-corrected chi connectivity index (χ1v) is 7.88. The topological polar surface area (TPSA) is 180 Å². The lowest BCUT2D eigenvalue weighted by molar-refractivity contribution is -0.138. The quantitative estimate of drug-likeness (QED) is 0.238. The molecular formula is C14H23N5O6. The van der Waals surface area contributed by atoms with Gasteiger partial charge in [0.05, 0.1) is 12.6 Å². The summed E-state index contributed by atoms with van der Waals surface area (Å²) in [6.45, 7) is -0.305. The monoisotopic (exact) mass is 357 g/mol. The summed E-state index contributed by atoms with van der Waals surface area (Å²) in [5, 5.41) is 18.4. The van der Waals surface area contributed by atoms with Gasteiger partial charge < -0.3 is 32.1 Å². The first-order valence-electron chi connectivity index (χ1n) is 7.88. The van der Waals surface area contributed by atoms with Crippen LogP contribution in [0.4, 0.5) is 0 Å². The van der Waals surface area contributed by atoms with Gasteiger partial charge in [0.2, 0.25) is 23.6 Å². The second kappa shape index (κ2) is 10.2. The summed E-state index contributed by atoms with van der Waals surface area (Å²) in [6, 6.07) is -1.42. The maximum atomic E-state index is 12.2. The maximum absolute atomic E-state index is 12.2. The molecule has 0 aliphatic carbocycles. The zero-order chi connectivity index (χ0) is 18.8. The third-order valence-electron chi connectivity index (χ3n) is 3.55. The number of carboxylic acids is 1. The normalized spacial score (nSPS) is 17.4. The van der Waals surface area contributed by atoms with Crippen molar-refractivity contribution >= 4 is 29.6 Å². The van der Waals surface area contributed by atoms with Crippen LogP contribution >= 0.6 is 0 Å². The van der Waals surface area contributed by atoms with Crippen molar-refractivity contribution in [3.05, 3.63) is 0 Å². The van der Waals surface area contributed by atoms with Gasteiger partial charge in [0.25, 0.3) is 0 Å². The summed E-state index contributed by atoms with van der Waals surface area (Å²) in [7, 11) is 0. The van der Waals surface area contributed by atoms with Crippen LogP contribution in [0.3, 0.4) is 0 Å². The van der Waals surface area contributed by atoms with E-state index in [1.807, 2.05) is 0 Å². The number of carbonyl (C=O) groups is 5. The fraction of sp³-hybridized carbons (Fsp3) is 0.643. The fourth-order valence-electron chi connectivity index (χ4n) is 2.26. The highest BCUT2D eigenvalue weighted by Gasteiger charge is 2.27. The Kier molecular flexibility index (Phi) is 8.33. The standard InChI is InChI=1S/C14H23N5O6/c15-10(20)4-3-9(19-14(25)8-2-1-5-16-8)13(24)18-6-11(21)17-7-12(22)23/h8-9,16H,1-7H2,(H2,15,20)(H,17,21)(H,18,24)(H,19,25)(H,22,23). The molecule has 1 fully saturated rings. The Morgan fingerprint density at radius 3 is 2.44 bits per heavy atom. The summed E-state index contributed by atoms with van der Waals surface area (Å²) in [4.78, 5) is 56.9. The van der Waals surface area contributed by atoms with Crippen LogP contribution in [0, 0.1) is 0 Å². The van der Waals surface area contributed by atoms with E-state index < -0.39 is 48.9 Å². The molecule has 1 aliphatic heterocycles. The molecule has 0 bridgehead atoms. The smallest absolute Gasteiger partial charge is 0.322 e. The van der Waals surface area contributed by atoms with Gasteiger partial charge in [-0.2, -0.15) is 0 Å². The van der Waals surface area contributed by atoms with Gasteiger partial charge in [-0.05, 0) is 25.8 Å².